The number of hydrogen-bond acceptors (Lipinski definition) is 5. The van der Waals surface area contributed by atoms with Crippen molar-refractivity contribution in [3.05, 3.63) is 46.2 Å². The quantitative estimate of drug-likeness (QED) is 0.825. The number of hydrogen-bond donors (Lipinski definition) is 1. The molecule has 1 aliphatic heterocycles. The van der Waals surface area contributed by atoms with Gasteiger partial charge < -0.3 is 19.7 Å². The van der Waals surface area contributed by atoms with Crippen molar-refractivity contribution in [3.63, 3.8) is 0 Å². The molecule has 3 rings (SSSR count). The molecule has 1 fully saturated rings. The van der Waals surface area contributed by atoms with E-state index >= 15 is 0 Å². The minimum atomic E-state index is -0.583. The third-order valence-electron chi connectivity index (χ3n) is 4.79. The predicted octanol–water partition coefficient (Wildman–Crippen LogP) is 3.25. The summed E-state index contributed by atoms with van der Waals surface area (Å²) in [5, 5.41) is 4.65. The number of amides is 2. The van der Waals surface area contributed by atoms with E-state index in [1.807, 2.05) is 34.5 Å². The molecule has 6 nitrogen and oxygen atoms in total. The molecule has 7 heteroatoms. The zero-order valence-corrected chi connectivity index (χ0v) is 16.5. The summed E-state index contributed by atoms with van der Waals surface area (Å²) in [6.07, 6.45) is 1.81. The molecule has 144 valence electrons. The summed E-state index contributed by atoms with van der Waals surface area (Å²) in [6, 6.07) is 8.70. The number of carbonyl (C=O) groups excluding carboxylic acids is 2. The van der Waals surface area contributed by atoms with E-state index in [0.29, 0.717) is 22.9 Å². The Balaban J connectivity index is 1.73. The molecule has 2 aromatic rings. The van der Waals surface area contributed by atoms with Gasteiger partial charge in [0.1, 0.15) is 6.04 Å². The van der Waals surface area contributed by atoms with E-state index in [-0.39, 0.29) is 17.9 Å². The molecular weight excluding hydrogens is 364 g/mol. The Bertz CT molecular complexity index is 806. The Labute approximate surface area is 163 Å². The number of ether oxygens (including phenoxy) is 2. The van der Waals surface area contributed by atoms with E-state index in [0.717, 1.165) is 18.4 Å². The summed E-state index contributed by atoms with van der Waals surface area (Å²) >= 11 is 1.36. The number of likely N-dealkylation sites (tertiary alicyclic amines) is 1. The maximum Gasteiger partial charge on any atom is 0.261 e. The van der Waals surface area contributed by atoms with Gasteiger partial charge in [-0.1, -0.05) is 12.1 Å². The van der Waals surface area contributed by atoms with Crippen LogP contribution in [-0.2, 0) is 4.79 Å². The number of carbonyl (C=O) groups is 2. The third-order valence-corrected chi connectivity index (χ3v) is 5.66. The fourth-order valence-corrected chi connectivity index (χ4v) is 4.05. The molecule has 1 saturated heterocycles. The van der Waals surface area contributed by atoms with Gasteiger partial charge in [-0.05, 0) is 48.9 Å². The highest BCUT2D eigenvalue weighted by molar-refractivity contribution is 7.12. The second-order valence-electron chi connectivity index (χ2n) is 6.48. The number of methoxy groups -OCH3 is 2. The maximum absolute atomic E-state index is 13.0. The molecule has 1 aromatic heterocycles. The standard InChI is InChI=1S/C20H24N2O4S/c1-13(21-19(23)18-7-5-11-27-18)20(24)22-10-4-6-15(22)14-8-9-16(25-2)17(12-14)26-3/h5,7-9,11-13,15H,4,6,10H2,1-3H3,(H,21,23). The van der Waals surface area contributed by atoms with Crippen molar-refractivity contribution in [1.82, 2.24) is 10.2 Å². The van der Waals surface area contributed by atoms with Crippen LogP contribution >= 0.6 is 11.3 Å². The van der Waals surface area contributed by atoms with Crippen LogP contribution in [0.5, 0.6) is 11.5 Å². The van der Waals surface area contributed by atoms with Crippen molar-refractivity contribution in [1.29, 1.82) is 0 Å². The normalized spacial score (nSPS) is 17.4. The molecule has 1 N–H and O–H groups in total. The molecule has 0 spiro atoms. The lowest BCUT2D eigenvalue weighted by molar-refractivity contribution is -0.133. The van der Waals surface area contributed by atoms with Crippen LogP contribution in [0.25, 0.3) is 0 Å². The summed E-state index contributed by atoms with van der Waals surface area (Å²) in [4.78, 5) is 27.7. The molecule has 27 heavy (non-hydrogen) atoms. The topological polar surface area (TPSA) is 67.9 Å². The Morgan fingerprint density at radius 2 is 2.00 bits per heavy atom. The van der Waals surface area contributed by atoms with Gasteiger partial charge in [0.2, 0.25) is 5.91 Å². The van der Waals surface area contributed by atoms with E-state index in [1.54, 1.807) is 27.2 Å². The van der Waals surface area contributed by atoms with E-state index in [2.05, 4.69) is 5.32 Å². The first-order valence-corrected chi connectivity index (χ1v) is 9.80. The first-order chi connectivity index (χ1) is 13.0. The van der Waals surface area contributed by atoms with E-state index < -0.39 is 6.04 Å². The molecule has 0 bridgehead atoms. The second kappa shape index (κ2) is 8.43. The number of nitrogens with one attached hydrogen (secondary N) is 1. The van der Waals surface area contributed by atoms with Gasteiger partial charge in [0.15, 0.2) is 11.5 Å². The average molecular weight is 388 g/mol. The molecule has 0 saturated carbocycles. The highest BCUT2D eigenvalue weighted by atomic mass is 32.1. The average Bonchev–Trinajstić information content (AvgIpc) is 3.38. The molecule has 2 amide bonds. The van der Waals surface area contributed by atoms with Crippen LogP contribution in [0.4, 0.5) is 0 Å². The zero-order chi connectivity index (χ0) is 19.4. The Kier molecular flexibility index (Phi) is 6.01. The van der Waals surface area contributed by atoms with Crippen molar-refractivity contribution in [3.8, 4) is 11.5 Å². The van der Waals surface area contributed by atoms with Gasteiger partial charge in [0, 0.05) is 6.54 Å². The van der Waals surface area contributed by atoms with Crippen LogP contribution in [-0.4, -0.2) is 43.5 Å². The van der Waals surface area contributed by atoms with Gasteiger partial charge in [-0.3, -0.25) is 9.59 Å². The monoisotopic (exact) mass is 388 g/mol. The van der Waals surface area contributed by atoms with Crippen molar-refractivity contribution >= 4 is 23.2 Å². The SMILES string of the molecule is COc1ccc(C2CCCN2C(=O)C(C)NC(=O)c2cccs2)cc1OC. The molecular formula is C20H24N2O4S. The van der Waals surface area contributed by atoms with Crippen LogP contribution in [0.2, 0.25) is 0 Å². The van der Waals surface area contributed by atoms with Gasteiger partial charge in [-0.15, -0.1) is 11.3 Å². The summed E-state index contributed by atoms with van der Waals surface area (Å²) in [5.41, 5.74) is 1.01. The molecule has 2 unspecified atom stereocenters. The predicted molar refractivity (Wildman–Crippen MR) is 104 cm³/mol. The highest BCUT2D eigenvalue weighted by Crippen LogP contribution is 2.37. The van der Waals surface area contributed by atoms with Gasteiger partial charge in [0.05, 0.1) is 25.1 Å². The van der Waals surface area contributed by atoms with Gasteiger partial charge in [-0.2, -0.15) is 0 Å². The molecule has 1 aliphatic rings. The smallest absolute Gasteiger partial charge is 0.261 e. The minimum absolute atomic E-state index is 0.0293. The largest absolute Gasteiger partial charge is 0.493 e. The number of nitrogens with zero attached hydrogens (tertiary/aromatic N) is 1. The van der Waals surface area contributed by atoms with Crippen molar-refractivity contribution in [2.75, 3.05) is 20.8 Å². The minimum Gasteiger partial charge on any atom is -0.493 e. The van der Waals surface area contributed by atoms with Crippen LogP contribution in [0.1, 0.15) is 41.0 Å². The number of benzene rings is 1. The summed E-state index contributed by atoms with van der Waals surface area (Å²) in [5.74, 6) is 1.02. The molecule has 0 radical (unpaired) electrons. The van der Waals surface area contributed by atoms with Crippen molar-refractivity contribution < 1.29 is 19.1 Å². The van der Waals surface area contributed by atoms with E-state index in [1.165, 1.54) is 11.3 Å². The molecule has 2 atom stereocenters. The van der Waals surface area contributed by atoms with Gasteiger partial charge in [0.25, 0.3) is 5.91 Å². The fourth-order valence-electron chi connectivity index (χ4n) is 3.42. The Hall–Kier alpha value is -2.54. The third kappa shape index (κ3) is 4.08. The highest BCUT2D eigenvalue weighted by Gasteiger charge is 2.33. The van der Waals surface area contributed by atoms with Gasteiger partial charge in [-0.25, -0.2) is 0 Å². The Morgan fingerprint density at radius 1 is 1.22 bits per heavy atom. The number of rotatable bonds is 6. The van der Waals surface area contributed by atoms with Crippen molar-refractivity contribution in [2.45, 2.75) is 31.8 Å². The first kappa shape index (κ1) is 19.2. The van der Waals surface area contributed by atoms with E-state index in [9.17, 15) is 9.59 Å². The lowest BCUT2D eigenvalue weighted by atomic mass is 10.0. The van der Waals surface area contributed by atoms with Crippen LogP contribution in [0, 0.1) is 0 Å². The first-order valence-electron chi connectivity index (χ1n) is 8.92. The Morgan fingerprint density at radius 3 is 2.67 bits per heavy atom. The lowest BCUT2D eigenvalue weighted by Gasteiger charge is -2.28. The van der Waals surface area contributed by atoms with Crippen LogP contribution in [0.3, 0.4) is 0 Å². The van der Waals surface area contributed by atoms with E-state index in [4.69, 9.17) is 9.47 Å². The molecule has 2 heterocycles. The zero-order valence-electron chi connectivity index (χ0n) is 15.7. The fraction of sp³-hybridized carbons (Fsp3) is 0.400. The lowest BCUT2D eigenvalue weighted by Crippen LogP contribution is -2.46. The van der Waals surface area contributed by atoms with Gasteiger partial charge >= 0.3 is 0 Å². The molecule has 1 aromatic carbocycles. The van der Waals surface area contributed by atoms with Crippen LogP contribution < -0.4 is 14.8 Å². The van der Waals surface area contributed by atoms with Crippen molar-refractivity contribution in [2.24, 2.45) is 0 Å². The summed E-state index contributed by atoms with van der Waals surface area (Å²) in [6.45, 7) is 2.41. The summed E-state index contributed by atoms with van der Waals surface area (Å²) < 4.78 is 10.7. The maximum atomic E-state index is 13.0. The molecule has 0 aliphatic carbocycles. The number of thiophene rings is 1. The second-order valence-corrected chi connectivity index (χ2v) is 7.42. The van der Waals surface area contributed by atoms with Crippen LogP contribution in [0.15, 0.2) is 35.7 Å². The summed E-state index contributed by atoms with van der Waals surface area (Å²) in [7, 11) is 3.20.